The van der Waals surface area contributed by atoms with Crippen molar-refractivity contribution in [2.45, 2.75) is 19.3 Å². The van der Waals surface area contributed by atoms with Crippen LogP contribution in [-0.4, -0.2) is 9.97 Å². The standard InChI is InChI=1S/C24H18N.C15H10N.Ir/c1-24(2)20-9-5-4-8-18(20)19-13-11-17(15-21(19)24)23-14-12-16-7-3-6-10-22(16)25-23;1-2-6-12(7-3-1)15-11-10-13-8-4-5-9-14(13)16-15;/h3-10,12-15H,1-2H3;1-6,8-11H;/q2*-1;. The molecule has 0 unspecified atom stereocenters. The van der Waals surface area contributed by atoms with Gasteiger partial charge in [0.1, 0.15) is 0 Å². The molecule has 0 bridgehead atoms. The molecule has 7 aromatic rings. The zero-order valence-electron chi connectivity index (χ0n) is 23.4. The number of fused-ring (bicyclic) bond motifs is 5. The SMILES string of the molecule is CC1(C)c2ccccc2-c2c[c-]c(-c3ccc4ccccc4n3)cc21.[Ir].[c-]1ccccc1-c1ccc2ccccc2n1. The van der Waals surface area contributed by atoms with E-state index < -0.39 is 0 Å². The molecule has 0 aliphatic heterocycles. The molecule has 1 radical (unpaired) electrons. The van der Waals surface area contributed by atoms with Crippen LogP contribution in [0.5, 0.6) is 0 Å². The van der Waals surface area contributed by atoms with Gasteiger partial charge in [0.25, 0.3) is 0 Å². The maximum atomic E-state index is 4.84. The van der Waals surface area contributed by atoms with Crippen LogP contribution in [0.1, 0.15) is 25.0 Å². The molecule has 8 rings (SSSR count). The van der Waals surface area contributed by atoms with Crippen molar-refractivity contribution >= 4 is 21.8 Å². The van der Waals surface area contributed by atoms with Gasteiger partial charge in [-0.15, -0.1) is 65.2 Å². The van der Waals surface area contributed by atoms with Crippen molar-refractivity contribution in [3.8, 4) is 33.6 Å². The van der Waals surface area contributed by atoms with Gasteiger partial charge < -0.3 is 0 Å². The molecule has 2 aromatic heterocycles. The van der Waals surface area contributed by atoms with Crippen LogP contribution in [0.3, 0.4) is 0 Å². The summed E-state index contributed by atoms with van der Waals surface area (Å²) in [7, 11) is 0. The first-order valence-electron chi connectivity index (χ1n) is 13.9. The summed E-state index contributed by atoms with van der Waals surface area (Å²) in [5.41, 5.74) is 11.5. The van der Waals surface area contributed by atoms with Crippen LogP contribution < -0.4 is 0 Å². The first kappa shape index (κ1) is 27.7. The first-order chi connectivity index (χ1) is 20.1. The van der Waals surface area contributed by atoms with E-state index >= 15 is 0 Å². The van der Waals surface area contributed by atoms with E-state index in [0.29, 0.717) is 0 Å². The number of rotatable bonds is 2. The van der Waals surface area contributed by atoms with Gasteiger partial charge in [0, 0.05) is 20.1 Å². The Morgan fingerprint density at radius 2 is 1.12 bits per heavy atom. The number of aromatic nitrogens is 2. The molecule has 42 heavy (non-hydrogen) atoms. The average molecular weight is 717 g/mol. The maximum absolute atomic E-state index is 4.84. The van der Waals surface area contributed by atoms with Crippen LogP contribution in [0.15, 0.2) is 133 Å². The smallest absolute Gasteiger partial charge is 0.0595 e. The van der Waals surface area contributed by atoms with E-state index in [4.69, 9.17) is 4.98 Å². The minimum atomic E-state index is 0. The van der Waals surface area contributed by atoms with Gasteiger partial charge in [-0.2, -0.15) is 0 Å². The Morgan fingerprint density at radius 3 is 1.79 bits per heavy atom. The summed E-state index contributed by atoms with van der Waals surface area (Å²) in [5, 5.41) is 2.34. The summed E-state index contributed by atoms with van der Waals surface area (Å²) in [6.07, 6.45) is 0. The third-order valence-electron chi connectivity index (χ3n) is 7.97. The molecule has 1 aliphatic rings. The van der Waals surface area contributed by atoms with Crippen LogP contribution in [-0.2, 0) is 25.5 Å². The van der Waals surface area contributed by atoms with E-state index in [9.17, 15) is 0 Å². The molecule has 1 aliphatic carbocycles. The van der Waals surface area contributed by atoms with Gasteiger partial charge in [-0.25, -0.2) is 0 Å². The van der Waals surface area contributed by atoms with Crippen molar-refractivity contribution in [2.24, 2.45) is 0 Å². The predicted octanol–water partition coefficient (Wildman–Crippen LogP) is 9.71. The molecular weight excluding hydrogens is 689 g/mol. The van der Waals surface area contributed by atoms with Crippen molar-refractivity contribution in [3.63, 3.8) is 0 Å². The zero-order valence-corrected chi connectivity index (χ0v) is 25.8. The third-order valence-corrected chi connectivity index (χ3v) is 7.97. The molecule has 0 atom stereocenters. The minimum Gasteiger partial charge on any atom is -0.296 e. The zero-order chi connectivity index (χ0) is 27.8. The van der Waals surface area contributed by atoms with Crippen molar-refractivity contribution in [1.29, 1.82) is 0 Å². The quantitative estimate of drug-likeness (QED) is 0.167. The molecular formula is C39H28IrN2-2. The second-order valence-electron chi connectivity index (χ2n) is 10.9. The van der Waals surface area contributed by atoms with E-state index in [1.807, 2.05) is 60.7 Å². The fourth-order valence-corrected chi connectivity index (χ4v) is 5.77. The Bertz CT molecular complexity index is 2030. The summed E-state index contributed by atoms with van der Waals surface area (Å²) in [6, 6.07) is 52.4. The monoisotopic (exact) mass is 717 g/mol. The van der Waals surface area contributed by atoms with Gasteiger partial charge in [-0.1, -0.05) is 110 Å². The normalized spacial score (nSPS) is 12.5. The Balaban J connectivity index is 0.000000161. The van der Waals surface area contributed by atoms with Gasteiger partial charge in [-0.3, -0.25) is 9.97 Å². The van der Waals surface area contributed by atoms with Crippen LogP contribution in [0.25, 0.3) is 55.4 Å². The number of hydrogen-bond acceptors (Lipinski definition) is 2. The van der Waals surface area contributed by atoms with E-state index in [1.54, 1.807) is 0 Å². The summed E-state index contributed by atoms with van der Waals surface area (Å²) >= 11 is 0. The van der Waals surface area contributed by atoms with Gasteiger partial charge in [-0.05, 0) is 45.3 Å². The van der Waals surface area contributed by atoms with Crippen molar-refractivity contribution in [1.82, 2.24) is 9.97 Å². The summed E-state index contributed by atoms with van der Waals surface area (Å²) in [5.74, 6) is 0. The number of nitrogens with zero attached hydrogens (tertiary/aromatic N) is 2. The largest absolute Gasteiger partial charge is 0.296 e. The minimum absolute atomic E-state index is 0. The van der Waals surface area contributed by atoms with E-state index in [1.165, 1.54) is 33.0 Å². The molecule has 2 heterocycles. The van der Waals surface area contributed by atoms with E-state index in [0.717, 1.165) is 33.5 Å². The average Bonchev–Trinajstić information content (AvgIpc) is 3.27. The topological polar surface area (TPSA) is 25.8 Å². The number of benzene rings is 5. The maximum Gasteiger partial charge on any atom is 0.0595 e. The van der Waals surface area contributed by atoms with E-state index in [2.05, 4.69) is 104 Å². The van der Waals surface area contributed by atoms with Gasteiger partial charge in [0.2, 0.25) is 0 Å². The fourth-order valence-electron chi connectivity index (χ4n) is 5.77. The number of pyridine rings is 2. The molecule has 0 saturated carbocycles. The van der Waals surface area contributed by atoms with Crippen molar-refractivity contribution < 1.29 is 20.1 Å². The van der Waals surface area contributed by atoms with Crippen LogP contribution in [0.2, 0.25) is 0 Å². The molecule has 0 spiro atoms. The second kappa shape index (κ2) is 11.4. The second-order valence-corrected chi connectivity index (χ2v) is 10.9. The van der Waals surface area contributed by atoms with Crippen molar-refractivity contribution in [2.75, 3.05) is 0 Å². The molecule has 0 saturated heterocycles. The summed E-state index contributed by atoms with van der Waals surface area (Å²) in [4.78, 5) is 9.45. The molecule has 5 aromatic carbocycles. The van der Waals surface area contributed by atoms with Gasteiger partial charge in [0.15, 0.2) is 0 Å². The molecule has 2 nitrogen and oxygen atoms in total. The van der Waals surface area contributed by atoms with Gasteiger partial charge >= 0.3 is 0 Å². The van der Waals surface area contributed by atoms with Gasteiger partial charge in [0.05, 0.1) is 11.0 Å². The van der Waals surface area contributed by atoms with E-state index in [-0.39, 0.29) is 25.5 Å². The Hall–Kier alpha value is -4.43. The molecule has 0 N–H and O–H groups in total. The Labute approximate surface area is 260 Å². The molecule has 205 valence electrons. The number of hydrogen-bond donors (Lipinski definition) is 0. The molecule has 3 heteroatoms. The summed E-state index contributed by atoms with van der Waals surface area (Å²) < 4.78 is 0. The molecule has 0 fully saturated rings. The predicted molar refractivity (Wildman–Crippen MR) is 170 cm³/mol. The molecule has 0 amide bonds. The van der Waals surface area contributed by atoms with Crippen LogP contribution >= 0.6 is 0 Å². The van der Waals surface area contributed by atoms with Crippen molar-refractivity contribution in [3.05, 3.63) is 157 Å². The number of para-hydroxylation sites is 2. The Morgan fingerprint density at radius 1 is 0.524 bits per heavy atom. The van der Waals surface area contributed by atoms with Crippen LogP contribution in [0.4, 0.5) is 0 Å². The third kappa shape index (κ3) is 5.07. The fraction of sp³-hybridized carbons (Fsp3) is 0.0769. The first-order valence-corrected chi connectivity index (χ1v) is 13.9. The van der Waals surface area contributed by atoms with Crippen LogP contribution in [0, 0.1) is 12.1 Å². The summed E-state index contributed by atoms with van der Waals surface area (Å²) in [6.45, 7) is 4.60. The Kier molecular flexibility index (Phi) is 7.56.